The third kappa shape index (κ3) is 2.56. The lowest BCUT2D eigenvalue weighted by molar-refractivity contribution is 0.296. The van der Waals surface area contributed by atoms with E-state index in [2.05, 4.69) is 23.4 Å². The van der Waals surface area contributed by atoms with Crippen molar-refractivity contribution in [3.63, 3.8) is 0 Å². The van der Waals surface area contributed by atoms with Gasteiger partial charge in [0, 0.05) is 38.4 Å². The highest BCUT2D eigenvalue weighted by molar-refractivity contribution is 5.05. The Morgan fingerprint density at radius 2 is 2.23 bits per heavy atom. The molecule has 0 aliphatic carbocycles. The van der Waals surface area contributed by atoms with Crippen LogP contribution in [0, 0.1) is 5.92 Å². The standard InChI is InChI=1S/C10H18N2O/c1-8(2)6-10-11-7-9(4-5-13)12(10)3/h7-8,13H,4-6H2,1-3H3. The first kappa shape index (κ1) is 10.3. The van der Waals surface area contributed by atoms with E-state index in [0.29, 0.717) is 12.3 Å². The molecule has 0 atom stereocenters. The smallest absolute Gasteiger partial charge is 0.108 e. The van der Waals surface area contributed by atoms with E-state index >= 15 is 0 Å². The molecule has 0 saturated heterocycles. The highest BCUT2D eigenvalue weighted by Gasteiger charge is 2.07. The Morgan fingerprint density at radius 1 is 1.54 bits per heavy atom. The Bertz CT molecular complexity index is 266. The molecule has 13 heavy (non-hydrogen) atoms. The fraction of sp³-hybridized carbons (Fsp3) is 0.700. The van der Waals surface area contributed by atoms with Gasteiger partial charge >= 0.3 is 0 Å². The molecule has 0 saturated carbocycles. The molecule has 1 N–H and O–H groups in total. The van der Waals surface area contributed by atoms with Crippen molar-refractivity contribution >= 4 is 0 Å². The Labute approximate surface area is 79.4 Å². The molecule has 3 nitrogen and oxygen atoms in total. The van der Waals surface area contributed by atoms with Crippen molar-refractivity contribution < 1.29 is 5.11 Å². The van der Waals surface area contributed by atoms with E-state index in [-0.39, 0.29) is 6.61 Å². The summed E-state index contributed by atoms with van der Waals surface area (Å²) in [6, 6.07) is 0. The van der Waals surface area contributed by atoms with Crippen LogP contribution in [0.15, 0.2) is 6.20 Å². The zero-order valence-corrected chi connectivity index (χ0v) is 8.62. The van der Waals surface area contributed by atoms with Crippen LogP contribution in [-0.4, -0.2) is 21.3 Å². The lowest BCUT2D eigenvalue weighted by Crippen LogP contribution is -2.06. The number of hydrogen-bond acceptors (Lipinski definition) is 2. The minimum absolute atomic E-state index is 0.195. The monoisotopic (exact) mass is 182 g/mol. The maximum atomic E-state index is 8.79. The second-order valence-corrected chi connectivity index (χ2v) is 3.80. The molecule has 3 heteroatoms. The third-order valence-corrected chi connectivity index (χ3v) is 2.14. The lowest BCUT2D eigenvalue weighted by atomic mass is 10.1. The van der Waals surface area contributed by atoms with E-state index in [0.717, 1.165) is 17.9 Å². The molecule has 1 aromatic heterocycles. The van der Waals surface area contributed by atoms with Crippen LogP contribution in [0.25, 0.3) is 0 Å². The first-order valence-electron chi connectivity index (χ1n) is 4.75. The van der Waals surface area contributed by atoms with Crippen LogP contribution in [0.1, 0.15) is 25.4 Å². The van der Waals surface area contributed by atoms with Crippen molar-refractivity contribution in [2.24, 2.45) is 13.0 Å². The van der Waals surface area contributed by atoms with Gasteiger partial charge in [0.15, 0.2) is 0 Å². The predicted molar refractivity (Wildman–Crippen MR) is 52.5 cm³/mol. The van der Waals surface area contributed by atoms with E-state index in [1.54, 1.807) is 0 Å². The number of aromatic nitrogens is 2. The number of nitrogens with zero attached hydrogens (tertiary/aromatic N) is 2. The largest absolute Gasteiger partial charge is 0.396 e. The minimum Gasteiger partial charge on any atom is -0.396 e. The highest BCUT2D eigenvalue weighted by Crippen LogP contribution is 2.08. The van der Waals surface area contributed by atoms with Crippen LogP contribution in [0.5, 0.6) is 0 Å². The zero-order valence-electron chi connectivity index (χ0n) is 8.62. The second-order valence-electron chi connectivity index (χ2n) is 3.80. The van der Waals surface area contributed by atoms with Crippen molar-refractivity contribution in [3.8, 4) is 0 Å². The summed E-state index contributed by atoms with van der Waals surface area (Å²) < 4.78 is 2.08. The van der Waals surface area contributed by atoms with Crippen LogP contribution in [0.4, 0.5) is 0 Å². The van der Waals surface area contributed by atoms with Gasteiger partial charge in [-0.05, 0) is 5.92 Å². The molecule has 1 aromatic rings. The lowest BCUT2D eigenvalue weighted by Gasteiger charge is -2.06. The summed E-state index contributed by atoms with van der Waals surface area (Å²) >= 11 is 0. The molecule has 1 heterocycles. The average molecular weight is 182 g/mol. The molecule has 0 bridgehead atoms. The summed E-state index contributed by atoms with van der Waals surface area (Å²) in [4.78, 5) is 4.33. The summed E-state index contributed by atoms with van der Waals surface area (Å²) in [7, 11) is 2.01. The van der Waals surface area contributed by atoms with Crippen LogP contribution in [-0.2, 0) is 19.9 Å². The molecule has 0 amide bonds. The molecule has 0 radical (unpaired) electrons. The molecule has 0 unspecified atom stereocenters. The normalized spacial score (nSPS) is 11.2. The molecule has 74 valence electrons. The van der Waals surface area contributed by atoms with Crippen molar-refractivity contribution in [2.45, 2.75) is 26.7 Å². The number of imidazole rings is 1. The van der Waals surface area contributed by atoms with Crippen LogP contribution >= 0.6 is 0 Å². The van der Waals surface area contributed by atoms with Crippen LogP contribution < -0.4 is 0 Å². The summed E-state index contributed by atoms with van der Waals surface area (Å²) in [6.07, 6.45) is 3.55. The maximum Gasteiger partial charge on any atom is 0.108 e. The van der Waals surface area contributed by atoms with Gasteiger partial charge < -0.3 is 9.67 Å². The summed E-state index contributed by atoms with van der Waals surface area (Å²) in [5, 5.41) is 8.79. The first-order chi connectivity index (χ1) is 6.15. The second kappa shape index (κ2) is 4.42. The van der Waals surface area contributed by atoms with Gasteiger partial charge in [0.1, 0.15) is 5.82 Å². The number of aliphatic hydroxyl groups excluding tert-OH is 1. The van der Waals surface area contributed by atoms with Gasteiger partial charge in [-0.1, -0.05) is 13.8 Å². The van der Waals surface area contributed by atoms with Crippen LogP contribution in [0.3, 0.4) is 0 Å². The number of hydrogen-bond donors (Lipinski definition) is 1. The Hall–Kier alpha value is -0.830. The Balaban J connectivity index is 2.74. The van der Waals surface area contributed by atoms with Crippen LogP contribution in [0.2, 0.25) is 0 Å². The van der Waals surface area contributed by atoms with E-state index in [1.807, 2.05) is 13.2 Å². The predicted octanol–water partition coefficient (Wildman–Crippen LogP) is 1.15. The Morgan fingerprint density at radius 3 is 2.77 bits per heavy atom. The first-order valence-corrected chi connectivity index (χ1v) is 4.75. The number of aliphatic hydroxyl groups is 1. The summed E-state index contributed by atoms with van der Waals surface area (Å²) in [6.45, 7) is 4.56. The molecule has 0 aliphatic heterocycles. The third-order valence-electron chi connectivity index (χ3n) is 2.14. The zero-order chi connectivity index (χ0) is 9.84. The molecule has 0 aromatic carbocycles. The average Bonchev–Trinajstić information content (AvgIpc) is 2.36. The molecule has 0 fully saturated rings. The fourth-order valence-electron chi connectivity index (χ4n) is 1.39. The summed E-state index contributed by atoms with van der Waals surface area (Å²) in [5.41, 5.74) is 1.11. The molecule has 0 spiro atoms. The molecule has 0 aliphatic rings. The number of rotatable bonds is 4. The minimum atomic E-state index is 0.195. The van der Waals surface area contributed by atoms with Crippen molar-refractivity contribution in [3.05, 3.63) is 17.7 Å². The SMILES string of the molecule is CC(C)Cc1ncc(CCO)n1C. The van der Waals surface area contributed by atoms with Gasteiger partial charge in [-0.2, -0.15) is 0 Å². The van der Waals surface area contributed by atoms with Gasteiger partial charge in [-0.15, -0.1) is 0 Å². The van der Waals surface area contributed by atoms with E-state index in [9.17, 15) is 0 Å². The molecule has 1 rings (SSSR count). The van der Waals surface area contributed by atoms with E-state index in [4.69, 9.17) is 5.11 Å². The van der Waals surface area contributed by atoms with Crippen molar-refractivity contribution in [1.29, 1.82) is 0 Å². The Kier molecular flexibility index (Phi) is 3.48. The highest BCUT2D eigenvalue weighted by atomic mass is 16.3. The molecular formula is C10H18N2O. The summed E-state index contributed by atoms with van der Waals surface area (Å²) in [5.74, 6) is 1.74. The van der Waals surface area contributed by atoms with Gasteiger partial charge in [0.2, 0.25) is 0 Å². The van der Waals surface area contributed by atoms with Gasteiger partial charge in [0.25, 0.3) is 0 Å². The maximum absolute atomic E-state index is 8.79. The van der Waals surface area contributed by atoms with E-state index in [1.165, 1.54) is 0 Å². The van der Waals surface area contributed by atoms with Crippen molar-refractivity contribution in [1.82, 2.24) is 9.55 Å². The van der Waals surface area contributed by atoms with Gasteiger partial charge in [-0.25, -0.2) is 4.98 Å². The molecular weight excluding hydrogens is 164 g/mol. The van der Waals surface area contributed by atoms with Gasteiger partial charge in [0.05, 0.1) is 0 Å². The van der Waals surface area contributed by atoms with E-state index < -0.39 is 0 Å². The fourth-order valence-corrected chi connectivity index (χ4v) is 1.39. The quantitative estimate of drug-likeness (QED) is 0.758. The van der Waals surface area contributed by atoms with Gasteiger partial charge in [-0.3, -0.25) is 0 Å². The topological polar surface area (TPSA) is 38.1 Å². The van der Waals surface area contributed by atoms with Crippen molar-refractivity contribution in [2.75, 3.05) is 6.61 Å².